The molecule has 0 saturated carbocycles. The average molecular weight is 277 g/mol. The lowest BCUT2D eigenvalue weighted by Gasteiger charge is -2.04. The molecule has 5 heteroatoms. The molecule has 0 bridgehead atoms. The fourth-order valence-corrected chi connectivity index (χ4v) is 2.38. The Morgan fingerprint density at radius 1 is 1.36 bits per heavy atom. The van der Waals surface area contributed by atoms with Crippen molar-refractivity contribution in [3.8, 4) is 0 Å². The van der Waals surface area contributed by atoms with Crippen LogP contribution in [-0.4, -0.2) is 20.5 Å². The molecular weight excluding hydrogens is 268 g/mol. The van der Waals surface area contributed by atoms with Gasteiger partial charge in [0.1, 0.15) is 0 Å². The zero-order valence-corrected chi connectivity index (χ0v) is 10.1. The first kappa shape index (κ1) is 11.4. The van der Waals surface area contributed by atoms with Gasteiger partial charge in [0.2, 0.25) is 0 Å². The van der Waals surface area contributed by atoms with Crippen LogP contribution in [0.25, 0.3) is 0 Å². The second-order valence-corrected chi connectivity index (χ2v) is 5.87. The third kappa shape index (κ3) is 2.42. The molecule has 0 heterocycles. The lowest BCUT2D eigenvalue weighted by molar-refractivity contribution is 0.101. The number of hydrogen-bond acceptors (Lipinski definition) is 3. The molecule has 0 unspecified atom stereocenters. The molecule has 1 aromatic rings. The van der Waals surface area contributed by atoms with Crippen LogP contribution < -0.4 is 0 Å². The maximum Gasteiger partial charge on any atom is 0.176 e. The maximum atomic E-state index is 11.3. The summed E-state index contributed by atoms with van der Waals surface area (Å²) < 4.78 is 23.3. The summed E-state index contributed by atoms with van der Waals surface area (Å²) in [6.07, 6.45) is 1.09. The summed E-state index contributed by atoms with van der Waals surface area (Å²) in [6.45, 7) is 1.34. The standard InChI is InChI=1S/C9H9BrO3S/c1-6(11)8-5-7(10)3-4-9(8)14(2,12)13/h3-5H,1-2H3. The smallest absolute Gasteiger partial charge is 0.176 e. The molecule has 0 aliphatic carbocycles. The van der Waals surface area contributed by atoms with Crippen LogP contribution in [-0.2, 0) is 9.84 Å². The summed E-state index contributed by atoms with van der Waals surface area (Å²) in [5.41, 5.74) is 0.224. The highest BCUT2D eigenvalue weighted by atomic mass is 79.9. The molecule has 0 spiro atoms. The van der Waals surface area contributed by atoms with Gasteiger partial charge in [0.15, 0.2) is 15.6 Å². The number of hydrogen-bond donors (Lipinski definition) is 0. The summed E-state index contributed by atoms with van der Waals surface area (Å²) in [7, 11) is -3.34. The highest BCUT2D eigenvalue weighted by molar-refractivity contribution is 9.10. The normalized spacial score (nSPS) is 11.4. The summed E-state index contributed by atoms with van der Waals surface area (Å²) in [5.74, 6) is -0.258. The molecule has 0 atom stereocenters. The van der Waals surface area contributed by atoms with Gasteiger partial charge in [0.25, 0.3) is 0 Å². The van der Waals surface area contributed by atoms with Crippen molar-refractivity contribution >= 4 is 31.6 Å². The first-order chi connectivity index (χ1) is 6.32. The average Bonchev–Trinajstić information content (AvgIpc) is 2.01. The minimum absolute atomic E-state index is 0.0770. The van der Waals surface area contributed by atoms with Gasteiger partial charge < -0.3 is 0 Å². The van der Waals surface area contributed by atoms with Gasteiger partial charge in [-0.25, -0.2) is 8.42 Å². The van der Waals surface area contributed by atoms with E-state index in [0.29, 0.717) is 4.47 Å². The quantitative estimate of drug-likeness (QED) is 0.777. The highest BCUT2D eigenvalue weighted by Gasteiger charge is 2.15. The molecule has 0 aromatic heterocycles. The van der Waals surface area contributed by atoms with Crippen LogP contribution in [0.15, 0.2) is 27.6 Å². The molecule has 0 aliphatic rings. The van der Waals surface area contributed by atoms with Crippen molar-refractivity contribution in [2.45, 2.75) is 11.8 Å². The molecule has 0 saturated heterocycles. The summed E-state index contributed by atoms with van der Waals surface area (Å²) >= 11 is 3.18. The zero-order chi connectivity index (χ0) is 10.9. The molecule has 0 aliphatic heterocycles. The number of carbonyl (C=O) groups excluding carboxylic acids is 1. The van der Waals surface area contributed by atoms with Gasteiger partial charge in [-0.05, 0) is 25.1 Å². The number of sulfone groups is 1. The third-order valence-corrected chi connectivity index (χ3v) is 3.37. The summed E-state index contributed by atoms with van der Waals surface area (Å²) in [5, 5.41) is 0. The van der Waals surface area contributed by atoms with E-state index in [1.165, 1.54) is 19.1 Å². The van der Waals surface area contributed by atoms with Gasteiger partial charge in [-0.1, -0.05) is 15.9 Å². The van der Waals surface area contributed by atoms with Crippen LogP contribution in [0.4, 0.5) is 0 Å². The first-order valence-electron chi connectivity index (χ1n) is 3.83. The van der Waals surface area contributed by atoms with Gasteiger partial charge in [-0.2, -0.15) is 0 Å². The van der Waals surface area contributed by atoms with E-state index in [1.54, 1.807) is 6.07 Å². The van der Waals surface area contributed by atoms with Crippen LogP contribution in [0.2, 0.25) is 0 Å². The second-order valence-electron chi connectivity index (χ2n) is 2.97. The van der Waals surface area contributed by atoms with E-state index in [-0.39, 0.29) is 16.2 Å². The van der Waals surface area contributed by atoms with Crippen molar-refractivity contribution < 1.29 is 13.2 Å². The number of Topliss-reactive ketones (excluding diaryl/α,β-unsaturated/α-hetero) is 1. The molecule has 1 aromatic carbocycles. The van der Waals surface area contributed by atoms with E-state index < -0.39 is 9.84 Å². The Morgan fingerprint density at radius 3 is 2.36 bits per heavy atom. The van der Waals surface area contributed by atoms with Gasteiger partial charge >= 0.3 is 0 Å². The van der Waals surface area contributed by atoms with E-state index in [2.05, 4.69) is 15.9 Å². The molecule has 0 fully saturated rings. The Hall–Kier alpha value is -0.680. The van der Waals surface area contributed by atoms with Crippen LogP contribution in [0.3, 0.4) is 0 Å². The Bertz CT molecular complexity index is 477. The second kappa shape index (κ2) is 3.82. The lowest BCUT2D eigenvalue weighted by atomic mass is 10.1. The molecule has 1 rings (SSSR count). The Kier molecular flexibility index (Phi) is 3.11. The molecule has 14 heavy (non-hydrogen) atoms. The fraction of sp³-hybridized carbons (Fsp3) is 0.222. The van der Waals surface area contributed by atoms with Gasteiger partial charge in [-0.3, -0.25) is 4.79 Å². The van der Waals surface area contributed by atoms with E-state index in [9.17, 15) is 13.2 Å². The van der Waals surface area contributed by atoms with Crippen molar-refractivity contribution in [1.29, 1.82) is 0 Å². The molecule has 0 N–H and O–H groups in total. The van der Waals surface area contributed by atoms with Gasteiger partial charge in [0.05, 0.1) is 4.90 Å². The van der Waals surface area contributed by atoms with Crippen molar-refractivity contribution in [3.05, 3.63) is 28.2 Å². The lowest BCUT2D eigenvalue weighted by Crippen LogP contribution is -2.05. The van der Waals surface area contributed by atoms with Crippen molar-refractivity contribution in [1.82, 2.24) is 0 Å². The van der Waals surface area contributed by atoms with Crippen LogP contribution in [0.1, 0.15) is 17.3 Å². The zero-order valence-electron chi connectivity index (χ0n) is 7.74. The van der Waals surface area contributed by atoms with Crippen molar-refractivity contribution in [3.63, 3.8) is 0 Å². The maximum absolute atomic E-state index is 11.3. The minimum atomic E-state index is -3.34. The topological polar surface area (TPSA) is 51.2 Å². The monoisotopic (exact) mass is 276 g/mol. The van der Waals surface area contributed by atoms with E-state index in [1.807, 2.05) is 0 Å². The number of carbonyl (C=O) groups is 1. The Balaban J connectivity index is 3.53. The third-order valence-electron chi connectivity index (χ3n) is 1.72. The van der Waals surface area contributed by atoms with Crippen LogP contribution >= 0.6 is 15.9 Å². The number of rotatable bonds is 2. The Labute approximate surface area is 91.2 Å². The van der Waals surface area contributed by atoms with E-state index in [0.717, 1.165) is 6.26 Å². The molecule has 0 amide bonds. The minimum Gasteiger partial charge on any atom is -0.294 e. The van der Waals surface area contributed by atoms with Crippen LogP contribution in [0.5, 0.6) is 0 Å². The summed E-state index contributed by atoms with van der Waals surface area (Å²) in [4.78, 5) is 11.3. The first-order valence-corrected chi connectivity index (χ1v) is 6.51. The SMILES string of the molecule is CC(=O)c1cc(Br)ccc1S(C)(=O)=O. The van der Waals surface area contributed by atoms with Gasteiger partial charge in [-0.15, -0.1) is 0 Å². The largest absolute Gasteiger partial charge is 0.294 e. The Morgan fingerprint density at radius 2 is 1.93 bits per heavy atom. The van der Waals surface area contributed by atoms with Crippen molar-refractivity contribution in [2.75, 3.05) is 6.26 Å². The van der Waals surface area contributed by atoms with Crippen molar-refractivity contribution in [2.24, 2.45) is 0 Å². The van der Waals surface area contributed by atoms with E-state index in [4.69, 9.17) is 0 Å². The molecule has 76 valence electrons. The fourth-order valence-electron chi connectivity index (χ4n) is 1.10. The molecular formula is C9H9BrO3S. The predicted molar refractivity (Wildman–Crippen MR) is 57.3 cm³/mol. The molecule has 0 radical (unpaired) electrons. The van der Waals surface area contributed by atoms with E-state index >= 15 is 0 Å². The predicted octanol–water partition coefficient (Wildman–Crippen LogP) is 2.06. The molecule has 3 nitrogen and oxygen atoms in total. The summed E-state index contributed by atoms with van der Waals surface area (Å²) in [6, 6.07) is 4.54. The number of ketones is 1. The number of benzene rings is 1. The number of halogens is 1. The van der Waals surface area contributed by atoms with Gasteiger partial charge in [0, 0.05) is 16.3 Å². The highest BCUT2D eigenvalue weighted by Crippen LogP contribution is 2.21. The van der Waals surface area contributed by atoms with Crippen LogP contribution in [0, 0.1) is 0 Å².